The molecule has 0 N–H and O–H groups in total. The topological polar surface area (TPSA) is 44.2 Å². The first-order valence-corrected chi connectivity index (χ1v) is 23.4. The first-order valence-electron chi connectivity index (χ1n) is 23.4. The Labute approximate surface area is 401 Å². The van der Waals surface area contributed by atoms with Crippen LogP contribution >= 0.6 is 0 Å². The van der Waals surface area contributed by atoms with Crippen LogP contribution in [0.4, 0.5) is 0 Å². The predicted octanol–water partition coefficient (Wildman–Crippen LogP) is 16.7. The second-order valence-electron chi connectivity index (χ2n) is 17.6. The molecule has 1 aliphatic carbocycles. The molecule has 10 aromatic carbocycles. The van der Waals surface area contributed by atoms with Gasteiger partial charge in [-0.15, -0.1) is 0 Å². The van der Waals surface area contributed by atoms with Crippen LogP contribution < -0.4 is 9.47 Å². The van der Waals surface area contributed by atoms with Crippen LogP contribution in [0.15, 0.2) is 255 Å². The van der Waals surface area contributed by atoms with Crippen LogP contribution in [-0.2, 0) is 5.41 Å². The SMILES string of the molecule is c1ccc(-c2cccc(-c3cc(-c4cccc(-c5ccc6c(c5)Oc5ccc7c(c5O6)-c5ccccc5C7(c5ccccc5)c5ccccc5)c4)nc(-c4cccc(-c5ccccc5)c4)n3)c2)cc1. The molecule has 0 saturated carbocycles. The summed E-state index contributed by atoms with van der Waals surface area (Å²) < 4.78 is 13.8. The Balaban J connectivity index is 0.882. The molecule has 2 aliphatic rings. The summed E-state index contributed by atoms with van der Waals surface area (Å²) in [7, 11) is 0. The van der Waals surface area contributed by atoms with Gasteiger partial charge < -0.3 is 9.47 Å². The zero-order valence-corrected chi connectivity index (χ0v) is 37.5. The van der Waals surface area contributed by atoms with Gasteiger partial charge in [0.2, 0.25) is 0 Å². The Morgan fingerprint density at radius 2 is 0.754 bits per heavy atom. The fourth-order valence-corrected chi connectivity index (χ4v) is 10.4. The van der Waals surface area contributed by atoms with E-state index in [1.165, 1.54) is 22.3 Å². The van der Waals surface area contributed by atoms with Crippen molar-refractivity contribution in [1.82, 2.24) is 9.97 Å². The molecule has 1 aliphatic heterocycles. The number of hydrogen-bond donors (Lipinski definition) is 0. The van der Waals surface area contributed by atoms with Crippen LogP contribution in [0.5, 0.6) is 23.0 Å². The number of nitrogens with zero attached hydrogens (tertiary/aromatic N) is 2. The highest BCUT2D eigenvalue weighted by Gasteiger charge is 2.48. The van der Waals surface area contributed by atoms with Crippen LogP contribution in [0.1, 0.15) is 22.3 Å². The highest BCUT2D eigenvalue weighted by molar-refractivity contribution is 5.92. The van der Waals surface area contributed by atoms with Crippen molar-refractivity contribution in [2.24, 2.45) is 0 Å². The minimum atomic E-state index is -0.536. The molecular weight excluding hydrogens is 841 g/mol. The average molecular weight is 883 g/mol. The zero-order valence-electron chi connectivity index (χ0n) is 37.5. The molecule has 4 nitrogen and oxygen atoms in total. The molecule has 0 amide bonds. The van der Waals surface area contributed by atoms with E-state index in [4.69, 9.17) is 19.4 Å². The summed E-state index contributed by atoms with van der Waals surface area (Å²) in [4.78, 5) is 10.5. The van der Waals surface area contributed by atoms with Crippen molar-refractivity contribution in [2.75, 3.05) is 0 Å². The standard InChI is InChI=1S/C65H42N2O2/c1-5-18-43(19-6-1)45-22-15-25-49(38-45)57-42-58(67-64(66-57)51-27-17-23-46(40-51)44-20-7-2-8-21-44)50-26-16-24-47(39-50)48-34-36-59-61(41-48)68-60-37-35-56-62(63(60)69-59)54-32-13-14-33-55(54)65(56,52-28-9-3-10-29-52)53-30-11-4-12-31-53/h1-42H. The highest BCUT2D eigenvalue weighted by atomic mass is 16.6. The smallest absolute Gasteiger partial charge is 0.178 e. The van der Waals surface area contributed by atoms with Crippen molar-refractivity contribution in [3.05, 3.63) is 277 Å². The molecule has 0 saturated heterocycles. The Hall–Kier alpha value is -9.12. The third-order valence-electron chi connectivity index (χ3n) is 13.6. The van der Waals surface area contributed by atoms with Crippen LogP contribution in [0.25, 0.3) is 78.4 Å². The van der Waals surface area contributed by atoms with Crippen molar-refractivity contribution in [3.8, 4) is 101 Å². The Morgan fingerprint density at radius 3 is 1.36 bits per heavy atom. The lowest BCUT2D eigenvalue weighted by Gasteiger charge is -2.34. The van der Waals surface area contributed by atoms with E-state index < -0.39 is 5.41 Å². The second-order valence-corrected chi connectivity index (χ2v) is 17.6. The summed E-state index contributed by atoms with van der Waals surface area (Å²) in [6.07, 6.45) is 0. The van der Waals surface area contributed by atoms with E-state index in [9.17, 15) is 0 Å². The average Bonchev–Trinajstić information content (AvgIpc) is 3.75. The normalized spacial score (nSPS) is 12.7. The number of aromatic nitrogens is 2. The lowest BCUT2D eigenvalue weighted by atomic mass is 9.68. The fourth-order valence-electron chi connectivity index (χ4n) is 10.4. The summed E-state index contributed by atoms with van der Waals surface area (Å²) >= 11 is 0. The molecule has 1 aromatic heterocycles. The predicted molar refractivity (Wildman–Crippen MR) is 279 cm³/mol. The van der Waals surface area contributed by atoms with Gasteiger partial charge in [-0.25, -0.2) is 9.97 Å². The van der Waals surface area contributed by atoms with Gasteiger partial charge in [0.1, 0.15) is 0 Å². The molecule has 0 unspecified atom stereocenters. The van der Waals surface area contributed by atoms with E-state index in [1.54, 1.807) is 0 Å². The van der Waals surface area contributed by atoms with Crippen LogP contribution in [-0.4, -0.2) is 9.97 Å². The first-order chi connectivity index (χ1) is 34.2. The molecule has 0 spiro atoms. The van der Waals surface area contributed by atoms with Gasteiger partial charge in [-0.3, -0.25) is 0 Å². The van der Waals surface area contributed by atoms with E-state index in [0.29, 0.717) is 23.1 Å². The molecule has 0 bridgehead atoms. The monoisotopic (exact) mass is 882 g/mol. The largest absolute Gasteiger partial charge is 0.449 e. The third kappa shape index (κ3) is 6.92. The van der Waals surface area contributed by atoms with Crippen molar-refractivity contribution in [1.29, 1.82) is 0 Å². The lowest BCUT2D eigenvalue weighted by molar-refractivity contribution is 0.360. The van der Waals surface area contributed by atoms with Crippen molar-refractivity contribution in [3.63, 3.8) is 0 Å². The minimum Gasteiger partial charge on any atom is -0.449 e. The van der Waals surface area contributed by atoms with E-state index >= 15 is 0 Å². The second kappa shape index (κ2) is 16.6. The number of ether oxygens (including phenoxy) is 2. The molecule has 0 atom stereocenters. The summed E-state index contributed by atoms with van der Waals surface area (Å²) in [5, 5.41) is 0. The molecule has 2 heterocycles. The number of fused-ring (bicyclic) bond motifs is 6. The number of benzene rings is 10. The summed E-state index contributed by atoms with van der Waals surface area (Å²) in [6, 6.07) is 89.5. The molecular formula is C65H42N2O2. The summed E-state index contributed by atoms with van der Waals surface area (Å²) in [5.41, 5.74) is 17.6. The van der Waals surface area contributed by atoms with Crippen LogP contribution in [0.3, 0.4) is 0 Å². The summed E-state index contributed by atoms with van der Waals surface area (Å²) in [5.74, 6) is 3.41. The van der Waals surface area contributed by atoms with Gasteiger partial charge in [-0.1, -0.05) is 212 Å². The fraction of sp³-hybridized carbons (Fsp3) is 0.0154. The molecule has 0 radical (unpaired) electrons. The van der Waals surface area contributed by atoms with Gasteiger partial charge in [0.15, 0.2) is 28.8 Å². The van der Waals surface area contributed by atoms with E-state index in [0.717, 1.165) is 78.3 Å². The lowest BCUT2D eigenvalue weighted by Crippen LogP contribution is -2.28. The molecule has 4 heteroatoms. The minimum absolute atomic E-state index is 0.536. The third-order valence-corrected chi connectivity index (χ3v) is 13.6. The zero-order chi connectivity index (χ0) is 45.7. The van der Waals surface area contributed by atoms with Crippen molar-refractivity contribution < 1.29 is 9.47 Å². The van der Waals surface area contributed by atoms with Gasteiger partial charge in [0, 0.05) is 22.3 Å². The van der Waals surface area contributed by atoms with E-state index in [2.05, 4.69) is 237 Å². The number of hydrogen-bond acceptors (Lipinski definition) is 4. The van der Waals surface area contributed by atoms with Crippen molar-refractivity contribution in [2.45, 2.75) is 5.41 Å². The summed E-state index contributed by atoms with van der Waals surface area (Å²) in [6.45, 7) is 0. The molecule has 69 heavy (non-hydrogen) atoms. The molecule has 11 aromatic rings. The quantitative estimate of drug-likeness (QED) is 0.152. The van der Waals surface area contributed by atoms with Gasteiger partial charge in [-0.05, 0) is 104 Å². The van der Waals surface area contributed by atoms with Gasteiger partial charge in [0.05, 0.1) is 16.8 Å². The maximum atomic E-state index is 6.97. The maximum Gasteiger partial charge on any atom is 0.178 e. The van der Waals surface area contributed by atoms with Gasteiger partial charge >= 0.3 is 0 Å². The van der Waals surface area contributed by atoms with Gasteiger partial charge in [0.25, 0.3) is 0 Å². The Bertz CT molecular complexity index is 3580. The van der Waals surface area contributed by atoms with Gasteiger partial charge in [-0.2, -0.15) is 0 Å². The Kier molecular flexibility index (Phi) is 9.69. The van der Waals surface area contributed by atoms with Crippen LogP contribution in [0, 0.1) is 0 Å². The van der Waals surface area contributed by atoms with E-state index in [-0.39, 0.29) is 0 Å². The Morgan fingerprint density at radius 1 is 0.290 bits per heavy atom. The molecule has 324 valence electrons. The molecule has 0 fully saturated rings. The number of rotatable bonds is 8. The van der Waals surface area contributed by atoms with Crippen molar-refractivity contribution >= 4 is 0 Å². The van der Waals surface area contributed by atoms with E-state index in [1.807, 2.05) is 18.2 Å². The first kappa shape index (κ1) is 40.2. The van der Waals surface area contributed by atoms with Crippen LogP contribution in [0.2, 0.25) is 0 Å². The highest BCUT2D eigenvalue weighted by Crippen LogP contribution is 2.62. The maximum absolute atomic E-state index is 6.97. The molecule has 13 rings (SSSR count).